The molecule has 2 atom stereocenters. The SMILES string of the molecule is COc1cnc2[nH]cc(C(C)(C)C(=O)N3C4CC5(C)CC3CC(O)(C4)C5)c2c1Cl. The van der Waals surface area contributed by atoms with Gasteiger partial charge in [0.15, 0.2) is 5.75 Å². The first kappa shape index (κ1) is 19.2. The molecule has 1 amide bonds. The number of rotatable bonds is 3. The second kappa shape index (κ2) is 5.88. The summed E-state index contributed by atoms with van der Waals surface area (Å²) in [5, 5.41) is 12.2. The monoisotopic (exact) mass is 417 g/mol. The number of piperidine rings is 2. The van der Waals surface area contributed by atoms with E-state index < -0.39 is 11.0 Å². The zero-order valence-corrected chi connectivity index (χ0v) is 18.1. The summed E-state index contributed by atoms with van der Waals surface area (Å²) in [6.07, 6.45) is 7.60. The summed E-state index contributed by atoms with van der Waals surface area (Å²) >= 11 is 6.60. The molecule has 7 heteroatoms. The summed E-state index contributed by atoms with van der Waals surface area (Å²) in [7, 11) is 1.56. The van der Waals surface area contributed by atoms with E-state index in [-0.39, 0.29) is 23.4 Å². The molecule has 2 aromatic heterocycles. The highest BCUT2D eigenvalue weighted by atomic mass is 35.5. The number of aromatic amines is 1. The third-order valence-corrected chi connectivity index (χ3v) is 7.87. The molecule has 4 fully saturated rings. The molecule has 29 heavy (non-hydrogen) atoms. The average Bonchev–Trinajstić information content (AvgIpc) is 3.05. The largest absolute Gasteiger partial charge is 0.494 e. The summed E-state index contributed by atoms with van der Waals surface area (Å²) in [5.41, 5.74) is 0.224. The number of carbonyl (C=O) groups excluding carboxylic acids is 1. The number of carbonyl (C=O) groups is 1. The number of H-pyrrole nitrogens is 1. The van der Waals surface area contributed by atoms with Crippen molar-refractivity contribution in [2.45, 2.75) is 76.0 Å². The van der Waals surface area contributed by atoms with Crippen molar-refractivity contribution in [1.29, 1.82) is 0 Å². The van der Waals surface area contributed by atoms with Gasteiger partial charge in [-0.25, -0.2) is 4.98 Å². The molecule has 0 spiro atoms. The fourth-order valence-corrected chi connectivity index (χ4v) is 6.86. The lowest BCUT2D eigenvalue weighted by atomic mass is 9.54. The van der Waals surface area contributed by atoms with Gasteiger partial charge in [-0.15, -0.1) is 0 Å². The lowest BCUT2D eigenvalue weighted by Gasteiger charge is -2.64. The first-order chi connectivity index (χ1) is 13.6. The maximum absolute atomic E-state index is 13.9. The van der Waals surface area contributed by atoms with E-state index in [2.05, 4.69) is 21.8 Å². The van der Waals surface area contributed by atoms with Gasteiger partial charge in [0.2, 0.25) is 5.91 Å². The van der Waals surface area contributed by atoms with Gasteiger partial charge in [0.25, 0.3) is 0 Å². The molecule has 2 N–H and O–H groups in total. The van der Waals surface area contributed by atoms with Crippen LogP contribution in [0.1, 0.15) is 58.4 Å². The third-order valence-electron chi connectivity index (χ3n) is 7.50. The molecule has 2 aliphatic carbocycles. The van der Waals surface area contributed by atoms with Crippen LogP contribution in [0.4, 0.5) is 0 Å². The number of ether oxygens (including phenoxy) is 1. The Kier molecular flexibility index (Phi) is 3.89. The minimum atomic E-state index is -0.783. The van der Waals surface area contributed by atoms with E-state index in [0.717, 1.165) is 30.2 Å². The third kappa shape index (κ3) is 2.65. The number of pyridine rings is 1. The molecule has 4 aliphatic rings. The van der Waals surface area contributed by atoms with Crippen LogP contribution < -0.4 is 4.74 Å². The van der Waals surface area contributed by atoms with Crippen LogP contribution in [0.15, 0.2) is 12.4 Å². The van der Waals surface area contributed by atoms with Gasteiger partial charge in [-0.1, -0.05) is 18.5 Å². The first-order valence-electron chi connectivity index (χ1n) is 10.3. The van der Waals surface area contributed by atoms with Crippen molar-refractivity contribution in [2.24, 2.45) is 5.41 Å². The number of nitrogens with one attached hydrogen (secondary N) is 1. The highest BCUT2D eigenvalue weighted by molar-refractivity contribution is 6.37. The van der Waals surface area contributed by atoms with Crippen LogP contribution >= 0.6 is 11.6 Å². The number of aromatic nitrogens is 2. The minimum absolute atomic E-state index is 0.0956. The van der Waals surface area contributed by atoms with E-state index in [1.807, 2.05) is 20.0 Å². The number of amides is 1. The number of hydrogen-bond donors (Lipinski definition) is 2. The van der Waals surface area contributed by atoms with Crippen LogP contribution in [0.2, 0.25) is 5.02 Å². The zero-order chi connectivity index (χ0) is 20.8. The molecule has 2 aromatic rings. The zero-order valence-electron chi connectivity index (χ0n) is 17.4. The maximum atomic E-state index is 13.9. The Labute approximate surface area is 175 Å². The Morgan fingerprint density at radius 3 is 2.59 bits per heavy atom. The highest BCUT2D eigenvalue weighted by Gasteiger charge is 2.60. The predicted molar refractivity (Wildman–Crippen MR) is 111 cm³/mol. The average molecular weight is 418 g/mol. The van der Waals surface area contributed by atoms with E-state index in [9.17, 15) is 9.90 Å². The number of halogens is 1. The van der Waals surface area contributed by atoms with Gasteiger partial charge in [0, 0.05) is 23.7 Å². The molecule has 2 aliphatic heterocycles. The van der Waals surface area contributed by atoms with Crippen molar-refractivity contribution in [3.05, 3.63) is 23.0 Å². The van der Waals surface area contributed by atoms with Gasteiger partial charge >= 0.3 is 0 Å². The van der Waals surface area contributed by atoms with Crippen LogP contribution in [0.3, 0.4) is 0 Å². The smallest absolute Gasteiger partial charge is 0.233 e. The lowest BCUT2D eigenvalue weighted by Crippen LogP contribution is -2.69. The van der Waals surface area contributed by atoms with Crippen molar-refractivity contribution in [1.82, 2.24) is 14.9 Å². The van der Waals surface area contributed by atoms with Crippen molar-refractivity contribution < 1.29 is 14.6 Å². The van der Waals surface area contributed by atoms with Crippen molar-refractivity contribution in [3.63, 3.8) is 0 Å². The number of aliphatic hydroxyl groups is 1. The Hall–Kier alpha value is -1.79. The normalized spacial score (nSPS) is 33.5. The summed E-state index contributed by atoms with van der Waals surface area (Å²) in [6, 6.07) is 0.206. The molecule has 2 unspecified atom stereocenters. The van der Waals surface area contributed by atoms with Crippen molar-refractivity contribution in [3.8, 4) is 5.75 Å². The summed E-state index contributed by atoms with van der Waals surface area (Å²) in [5.74, 6) is 0.589. The number of hydrogen-bond acceptors (Lipinski definition) is 4. The van der Waals surface area contributed by atoms with Crippen LogP contribution in [0.5, 0.6) is 5.75 Å². The summed E-state index contributed by atoms with van der Waals surface area (Å²) < 4.78 is 5.33. The van der Waals surface area contributed by atoms with Crippen LogP contribution in [-0.4, -0.2) is 50.7 Å². The van der Waals surface area contributed by atoms with E-state index >= 15 is 0 Å². The van der Waals surface area contributed by atoms with Gasteiger partial charge in [0.05, 0.1) is 29.3 Å². The van der Waals surface area contributed by atoms with E-state index in [4.69, 9.17) is 16.3 Å². The molecular formula is C22H28ClN3O3. The van der Waals surface area contributed by atoms with Gasteiger partial charge in [0.1, 0.15) is 5.65 Å². The highest BCUT2D eigenvalue weighted by Crippen LogP contribution is 2.58. The molecule has 4 bridgehead atoms. The standard InChI is InChI=1S/C22H28ClN3O3/c1-20(2,14-9-24-18-16(14)17(23)15(29-4)10-25-18)19(27)26-12-5-21(3)6-13(26)8-22(28,7-12)11-21/h9-10,12-13,28H,5-8,11H2,1-4H3,(H,24,25). The number of nitrogens with zero attached hydrogens (tertiary/aromatic N) is 2. The van der Waals surface area contributed by atoms with E-state index in [1.165, 1.54) is 0 Å². The number of methoxy groups -OCH3 is 1. The topological polar surface area (TPSA) is 78.5 Å². The van der Waals surface area contributed by atoms with Crippen molar-refractivity contribution >= 4 is 28.5 Å². The molecule has 2 saturated heterocycles. The second-order valence-corrected chi connectivity index (χ2v) is 10.6. The van der Waals surface area contributed by atoms with Crippen molar-refractivity contribution in [2.75, 3.05) is 7.11 Å². The van der Waals surface area contributed by atoms with Gasteiger partial charge in [-0.05, 0) is 56.9 Å². The Bertz CT molecular complexity index is 978. The predicted octanol–water partition coefficient (Wildman–Crippen LogP) is 3.80. The van der Waals surface area contributed by atoms with Gasteiger partial charge in [-0.3, -0.25) is 4.79 Å². The molecule has 4 heterocycles. The van der Waals surface area contributed by atoms with E-state index in [1.54, 1.807) is 13.3 Å². The molecule has 0 radical (unpaired) electrons. The fourth-order valence-electron chi connectivity index (χ4n) is 6.54. The maximum Gasteiger partial charge on any atom is 0.233 e. The van der Waals surface area contributed by atoms with E-state index in [0.29, 0.717) is 29.3 Å². The van der Waals surface area contributed by atoms with Crippen LogP contribution in [0, 0.1) is 5.41 Å². The number of fused-ring (bicyclic) bond motifs is 1. The lowest BCUT2D eigenvalue weighted by molar-refractivity contribution is -0.195. The summed E-state index contributed by atoms with van der Waals surface area (Å²) in [6.45, 7) is 6.17. The Morgan fingerprint density at radius 2 is 2.00 bits per heavy atom. The molecular weight excluding hydrogens is 390 g/mol. The molecule has 6 rings (SSSR count). The minimum Gasteiger partial charge on any atom is -0.494 e. The Morgan fingerprint density at radius 1 is 1.34 bits per heavy atom. The fraction of sp³-hybridized carbons (Fsp3) is 0.636. The van der Waals surface area contributed by atoms with Gasteiger partial charge < -0.3 is 19.7 Å². The molecule has 6 nitrogen and oxygen atoms in total. The van der Waals surface area contributed by atoms with Crippen LogP contribution in [0.25, 0.3) is 11.0 Å². The van der Waals surface area contributed by atoms with Crippen LogP contribution in [-0.2, 0) is 10.2 Å². The molecule has 0 aromatic carbocycles. The Balaban J connectivity index is 1.55. The molecule has 2 saturated carbocycles. The second-order valence-electron chi connectivity index (χ2n) is 10.2. The van der Waals surface area contributed by atoms with Gasteiger partial charge in [-0.2, -0.15) is 0 Å². The molecule has 156 valence electrons. The summed E-state index contributed by atoms with van der Waals surface area (Å²) in [4.78, 5) is 23.5. The first-order valence-corrected chi connectivity index (χ1v) is 10.7. The quantitative estimate of drug-likeness (QED) is 0.796.